The summed E-state index contributed by atoms with van der Waals surface area (Å²) in [5.41, 5.74) is 14.4. The lowest BCUT2D eigenvalue weighted by Crippen LogP contribution is -2.11. The molecular formula is C72H42N4S4. The Balaban J connectivity index is 1.18. The maximum atomic E-state index is 12.6. The third-order valence-electron chi connectivity index (χ3n) is 17.2. The standard InChI is InChI=1S/C72H42N4S4/c1-37-29-51-47-23-25-49-43-13-5-11-19-61(43)79-71(49)69(47)75(57(51)31-39(37)3)67-55(35-73)65(41-21-27-63-53(33-41)45-15-7-9-17-59(45)77-63)56(36-74)68(66(67)42-22-28-64-54(34-42)46-16-8-10-18-60(46)78-64)76-58-32-40(4)38(2)30-52(58)48-24-26-50-44-14-6-12-20-62(44)80-72(50)70(48)76/h5-34H,1-4H3. The van der Waals surface area contributed by atoms with Crippen LogP contribution in [0.25, 0.3) is 158 Å². The van der Waals surface area contributed by atoms with Crippen LogP contribution in [-0.4, -0.2) is 9.13 Å². The molecule has 17 aromatic rings. The topological polar surface area (TPSA) is 57.4 Å². The van der Waals surface area contributed by atoms with Crippen molar-refractivity contribution >= 4 is 170 Å². The summed E-state index contributed by atoms with van der Waals surface area (Å²) in [5.74, 6) is 0. The first-order valence-electron chi connectivity index (χ1n) is 26.8. The van der Waals surface area contributed by atoms with Gasteiger partial charge in [0.2, 0.25) is 0 Å². The highest BCUT2D eigenvalue weighted by molar-refractivity contribution is 7.27. The van der Waals surface area contributed by atoms with E-state index in [1.807, 2.05) is 22.7 Å². The van der Waals surface area contributed by atoms with E-state index in [9.17, 15) is 10.5 Å². The van der Waals surface area contributed by atoms with Gasteiger partial charge in [-0.25, -0.2) is 0 Å². The van der Waals surface area contributed by atoms with Crippen molar-refractivity contribution in [2.24, 2.45) is 0 Å². The van der Waals surface area contributed by atoms with Gasteiger partial charge in [-0.1, -0.05) is 109 Å². The molecule has 8 heteroatoms. The molecule has 374 valence electrons. The maximum Gasteiger partial charge on any atom is 0.102 e. The molecule has 0 spiro atoms. The number of nitriles is 2. The van der Waals surface area contributed by atoms with Gasteiger partial charge >= 0.3 is 0 Å². The lowest BCUT2D eigenvalue weighted by Gasteiger charge is -2.26. The zero-order valence-electron chi connectivity index (χ0n) is 43.7. The van der Waals surface area contributed by atoms with Crippen LogP contribution in [0.2, 0.25) is 0 Å². The minimum atomic E-state index is 0.449. The highest BCUT2D eigenvalue weighted by Crippen LogP contribution is 2.54. The largest absolute Gasteiger partial charge is 0.306 e. The SMILES string of the molecule is Cc1cc2c3ccc4c5ccccc5sc4c3n(-c3c(C#N)c(-c4ccc5sc6ccccc6c5c4)c(C#N)c(-n4c5cc(C)c(C)cc5c5ccc6c7ccccc7sc6c54)c3-c3ccc4sc5ccccc5c4c3)c2cc1C. The molecule has 0 unspecified atom stereocenters. The molecule has 0 aliphatic rings. The fourth-order valence-electron chi connectivity index (χ4n) is 13.3. The van der Waals surface area contributed by atoms with E-state index in [1.165, 1.54) is 61.6 Å². The predicted molar refractivity (Wildman–Crippen MR) is 346 cm³/mol. The molecule has 6 aromatic heterocycles. The van der Waals surface area contributed by atoms with E-state index in [4.69, 9.17) is 0 Å². The van der Waals surface area contributed by atoms with Crippen LogP contribution in [0.5, 0.6) is 0 Å². The van der Waals surface area contributed by atoms with Crippen LogP contribution in [0.3, 0.4) is 0 Å². The molecule has 4 nitrogen and oxygen atoms in total. The fourth-order valence-corrected chi connectivity index (χ4v) is 17.9. The van der Waals surface area contributed by atoms with Crippen LogP contribution in [-0.2, 0) is 0 Å². The van der Waals surface area contributed by atoms with Gasteiger partial charge in [-0.3, -0.25) is 0 Å². The number of hydrogen-bond donors (Lipinski definition) is 0. The van der Waals surface area contributed by atoms with Gasteiger partial charge in [0.1, 0.15) is 12.1 Å². The summed E-state index contributed by atoms with van der Waals surface area (Å²) in [6.45, 7) is 8.79. The number of rotatable bonds is 4. The number of benzene rings is 11. The van der Waals surface area contributed by atoms with Crippen LogP contribution in [0, 0.1) is 50.4 Å². The van der Waals surface area contributed by atoms with E-state index >= 15 is 0 Å². The minimum absolute atomic E-state index is 0.449. The van der Waals surface area contributed by atoms with Gasteiger partial charge in [-0.2, -0.15) is 10.5 Å². The molecule has 0 amide bonds. The van der Waals surface area contributed by atoms with Crippen molar-refractivity contribution in [2.75, 3.05) is 0 Å². The number of aryl methyl sites for hydroxylation is 4. The Morgan fingerprint density at radius 3 is 1.09 bits per heavy atom. The molecule has 0 aliphatic heterocycles. The van der Waals surface area contributed by atoms with Gasteiger partial charge < -0.3 is 9.13 Å². The summed E-state index contributed by atoms with van der Waals surface area (Å²) in [4.78, 5) is 0. The smallest absolute Gasteiger partial charge is 0.102 e. The number of thiophene rings is 4. The molecule has 0 aliphatic carbocycles. The Kier molecular flexibility index (Phi) is 9.58. The molecular weight excluding hydrogens is 1050 g/mol. The van der Waals surface area contributed by atoms with Crippen molar-refractivity contribution < 1.29 is 0 Å². The van der Waals surface area contributed by atoms with Crippen molar-refractivity contribution in [3.63, 3.8) is 0 Å². The molecule has 0 fully saturated rings. The second-order valence-electron chi connectivity index (χ2n) is 21.5. The number of fused-ring (bicyclic) bond motifs is 20. The fraction of sp³-hybridized carbons (Fsp3) is 0.0556. The van der Waals surface area contributed by atoms with E-state index < -0.39 is 0 Å². The Morgan fingerprint density at radius 2 is 0.662 bits per heavy atom. The van der Waals surface area contributed by atoms with Gasteiger partial charge in [0, 0.05) is 104 Å². The van der Waals surface area contributed by atoms with Gasteiger partial charge in [0.25, 0.3) is 0 Å². The Labute approximate surface area is 474 Å². The number of aromatic nitrogens is 2. The van der Waals surface area contributed by atoms with E-state index in [-0.39, 0.29) is 0 Å². The van der Waals surface area contributed by atoms with Crippen molar-refractivity contribution in [3.8, 4) is 45.8 Å². The minimum Gasteiger partial charge on any atom is -0.306 e. The average Bonchev–Trinajstić information content (AvgIpc) is 4.23. The Morgan fingerprint density at radius 1 is 0.312 bits per heavy atom. The Hall–Kier alpha value is -9.12. The van der Waals surface area contributed by atoms with Gasteiger partial charge in [0.05, 0.1) is 54.0 Å². The van der Waals surface area contributed by atoms with Crippen LogP contribution >= 0.6 is 45.3 Å². The Bertz CT molecular complexity index is 5520. The van der Waals surface area contributed by atoms with E-state index in [0.717, 1.165) is 113 Å². The molecule has 0 saturated carbocycles. The molecule has 17 rings (SSSR count). The number of hydrogen-bond acceptors (Lipinski definition) is 6. The molecule has 6 heterocycles. The van der Waals surface area contributed by atoms with E-state index in [1.54, 1.807) is 22.7 Å². The zero-order valence-corrected chi connectivity index (χ0v) is 47.0. The average molecular weight is 1090 g/mol. The van der Waals surface area contributed by atoms with Crippen LogP contribution in [0.15, 0.2) is 182 Å². The van der Waals surface area contributed by atoms with Crippen LogP contribution in [0.1, 0.15) is 33.4 Å². The van der Waals surface area contributed by atoms with Gasteiger partial charge in [-0.05, 0) is 134 Å². The quantitative estimate of drug-likeness (QED) is 0.176. The summed E-state index contributed by atoms with van der Waals surface area (Å²) in [5, 5.41) is 39.0. The monoisotopic (exact) mass is 1090 g/mol. The molecule has 0 radical (unpaired) electrons. The zero-order chi connectivity index (χ0) is 53.4. The predicted octanol–water partition coefficient (Wildman–Crippen LogP) is 21.7. The molecule has 0 saturated heterocycles. The summed E-state index contributed by atoms with van der Waals surface area (Å²) < 4.78 is 14.3. The molecule has 0 atom stereocenters. The maximum absolute atomic E-state index is 12.6. The van der Waals surface area contributed by atoms with Crippen molar-refractivity contribution in [3.05, 3.63) is 215 Å². The van der Waals surface area contributed by atoms with Crippen molar-refractivity contribution in [1.29, 1.82) is 10.5 Å². The van der Waals surface area contributed by atoms with Gasteiger partial charge in [0.15, 0.2) is 0 Å². The van der Waals surface area contributed by atoms with Gasteiger partial charge in [-0.15, -0.1) is 45.3 Å². The summed E-state index contributed by atoms with van der Waals surface area (Å²) >= 11 is 7.19. The van der Waals surface area contributed by atoms with Crippen LogP contribution < -0.4 is 0 Å². The van der Waals surface area contributed by atoms with E-state index in [2.05, 4.69) is 231 Å². The highest BCUT2D eigenvalue weighted by atomic mass is 32.1. The third kappa shape index (κ3) is 6.17. The third-order valence-corrected chi connectivity index (χ3v) is 21.9. The summed E-state index contributed by atoms with van der Waals surface area (Å²) in [7, 11) is 0. The second kappa shape index (κ2) is 16.7. The van der Waals surface area contributed by atoms with Crippen molar-refractivity contribution in [1.82, 2.24) is 9.13 Å². The van der Waals surface area contributed by atoms with Crippen LogP contribution in [0.4, 0.5) is 0 Å². The molecule has 80 heavy (non-hydrogen) atoms. The summed E-state index contributed by atoms with van der Waals surface area (Å²) in [6.07, 6.45) is 0. The summed E-state index contributed by atoms with van der Waals surface area (Å²) in [6, 6.07) is 72.6. The normalized spacial score (nSPS) is 12.2. The molecule has 0 bridgehead atoms. The highest BCUT2D eigenvalue weighted by Gasteiger charge is 2.34. The first-order valence-corrected chi connectivity index (χ1v) is 30.1. The lowest BCUT2D eigenvalue weighted by atomic mass is 9.85. The second-order valence-corrected chi connectivity index (χ2v) is 25.8. The number of nitrogens with zero attached hydrogens (tertiary/aromatic N) is 4. The first kappa shape index (κ1) is 45.9. The van der Waals surface area contributed by atoms with Crippen molar-refractivity contribution in [2.45, 2.75) is 27.7 Å². The first-order chi connectivity index (χ1) is 39.2. The molecule has 11 aromatic carbocycles. The molecule has 0 N–H and O–H groups in total. The van der Waals surface area contributed by atoms with E-state index in [0.29, 0.717) is 16.7 Å². The lowest BCUT2D eigenvalue weighted by molar-refractivity contribution is 1.12.